The first-order chi connectivity index (χ1) is 8.22. The molecule has 4 heteroatoms. The third-order valence-electron chi connectivity index (χ3n) is 3.27. The van der Waals surface area contributed by atoms with E-state index in [0.29, 0.717) is 17.9 Å². The highest BCUT2D eigenvalue weighted by atomic mass is 16.5. The van der Waals surface area contributed by atoms with Crippen LogP contribution in [0.1, 0.15) is 18.4 Å². The SMILES string of the molecule is COc1cc(CNC2CC(OC)C2)ccc1O. The Labute approximate surface area is 102 Å². The van der Waals surface area contributed by atoms with Crippen molar-refractivity contribution in [1.82, 2.24) is 5.32 Å². The first-order valence-corrected chi connectivity index (χ1v) is 5.85. The van der Waals surface area contributed by atoms with Crippen molar-refractivity contribution in [1.29, 1.82) is 0 Å². The molecule has 0 aromatic heterocycles. The Hall–Kier alpha value is -1.26. The van der Waals surface area contributed by atoms with E-state index in [1.54, 1.807) is 20.3 Å². The van der Waals surface area contributed by atoms with Crippen molar-refractivity contribution in [2.75, 3.05) is 14.2 Å². The van der Waals surface area contributed by atoms with Gasteiger partial charge in [0.1, 0.15) is 0 Å². The van der Waals surface area contributed by atoms with Crippen LogP contribution in [0.2, 0.25) is 0 Å². The fourth-order valence-electron chi connectivity index (χ4n) is 2.02. The number of phenols is 1. The van der Waals surface area contributed by atoms with Crippen LogP contribution in [-0.4, -0.2) is 31.5 Å². The van der Waals surface area contributed by atoms with Crippen LogP contribution >= 0.6 is 0 Å². The van der Waals surface area contributed by atoms with E-state index in [4.69, 9.17) is 9.47 Å². The molecule has 0 aliphatic heterocycles. The van der Waals surface area contributed by atoms with Gasteiger partial charge in [0.2, 0.25) is 0 Å². The lowest BCUT2D eigenvalue weighted by atomic mass is 9.89. The van der Waals surface area contributed by atoms with E-state index in [1.807, 2.05) is 12.1 Å². The van der Waals surface area contributed by atoms with E-state index in [1.165, 1.54) is 0 Å². The Morgan fingerprint density at radius 1 is 1.35 bits per heavy atom. The summed E-state index contributed by atoms with van der Waals surface area (Å²) in [6, 6.07) is 5.96. The molecule has 0 saturated heterocycles. The molecule has 2 rings (SSSR count). The van der Waals surface area contributed by atoms with Gasteiger partial charge in [-0.1, -0.05) is 6.07 Å². The molecule has 94 valence electrons. The van der Waals surface area contributed by atoms with Gasteiger partial charge < -0.3 is 19.9 Å². The molecular weight excluding hydrogens is 218 g/mol. The minimum Gasteiger partial charge on any atom is -0.504 e. The fraction of sp³-hybridized carbons (Fsp3) is 0.538. The Morgan fingerprint density at radius 2 is 2.12 bits per heavy atom. The molecule has 1 aliphatic rings. The van der Waals surface area contributed by atoms with E-state index >= 15 is 0 Å². The van der Waals surface area contributed by atoms with Crippen molar-refractivity contribution in [3.63, 3.8) is 0 Å². The van der Waals surface area contributed by atoms with Gasteiger partial charge in [-0.2, -0.15) is 0 Å². The summed E-state index contributed by atoms with van der Waals surface area (Å²) in [6.07, 6.45) is 2.57. The van der Waals surface area contributed by atoms with E-state index in [9.17, 15) is 5.11 Å². The van der Waals surface area contributed by atoms with Crippen LogP contribution < -0.4 is 10.1 Å². The number of hydrogen-bond donors (Lipinski definition) is 2. The standard InChI is InChI=1S/C13H19NO3/c1-16-11-6-10(7-11)14-8-9-3-4-12(15)13(5-9)17-2/h3-5,10-11,14-15H,6-8H2,1-2H3. The molecule has 0 atom stereocenters. The van der Waals surface area contributed by atoms with Gasteiger partial charge in [0.05, 0.1) is 13.2 Å². The molecule has 1 aromatic carbocycles. The molecular formula is C13H19NO3. The van der Waals surface area contributed by atoms with Gasteiger partial charge in [0.25, 0.3) is 0 Å². The van der Waals surface area contributed by atoms with Crippen LogP contribution in [0.5, 0.6) is 11.5 Å². The number of aromatic hydroxyl groups is 1. The average molecular weight is 237 g/mol. The van der Waals surface area contributed by atoms with Crippen LogP contribution in [0.25, 0.3) is 0 Å². The summed E-state index contributed by atoms with van der Waals surface area (Å²) >= 11 is 0. The van der Waals surface area contributed by atoms with Crippen LogP contribution in [0.4, 0.5) is 0 Å². The average Bonchev–Trinajstić information content (AvgIpc) is 2.29. The van der Waals surface area contributed by atoms with Crippen molar-refractivity contribution in [3.8, 4) is 11.5 Å². The lowest BCUT2D eigenvalue weighted by Crippen LogP contribution is -2.44. The van der Waals surface area contributed by atoms with Crippen molar-refractivity contribution < 1.29 is 14.6 Å². The second kappa shape index (κ2) is 5.38. The van der Waals surface area contributed by atoms with Crippen molar-refractivity contribution in [3.05, 3.63) is 23.8 Å². The molecule has 1 fully saturated rings. The molecule has 0 radical (unpaired) electrons. The van der Waals surface area contributed by atoms with Crippen molar-refractivity contribution in [2.45, 2.75) is 31.5 Å². The lowest BCUT2D eigenvalue weighted by molar-refractivity contribution is 0.0170. The summed E-state index contributed by atoms with van der Waals surface area (Å²) in [5.74, 6) is 0.701. The van der Waals surface area contributed by atoms with Crippen LogP contribution in [-0.2, 0) is 11.3 Å². The van der Waals surface area contributed by atoms with Gasteiger partial charge >= 0.3 is 0 Å². The summed E-state index contributed by atoms with van der Waals surface area (Å²) in [7, 11) is 3.31. The Morgan fingerprint density at radius 3 is 2.76 bits per heavy atom. The molecule has 4 nitrogen and oxygen atoms in total. The predicted octanol–water partition coefficient (Wildman–Crippen LogP) is 1.67. The Balaban J connectivity index is 1.83. The normalized spacial score (nSPS) is 23.2. The molecule has 2 N–H and O–H groups in total. The third-order valence-corrected chi connectivity index (χ3v) is 3.27. The van der Waals surface area contributed by atoms with Crippen LogP contribution in [0.15, 0.2) is 18.2 Å². The van der Waals surface area contributed by atoms with Gasteiger partial charge in [-0.05, 0) is 30.5 Å². The minimum absolute atomic E-state index is 0.180. The predicted molar refractivity (Wildman–Crippen MR) is 65.3 cm³/mol. The fourth-order valence-corrected chi connectivity index (χ4v) is 2.02. The number of rotatable bonds is 5. The first-order valence-electron chi connectivity index (χ1n) is 5.85. The summed E-state index contributed by atoms with van der Waals surface area (Å²) in [6.45, 7) is 0.789. The second-order valence-electron chi connectivity index (χ2n) is 4.41. The number of phenolic OH excluding ortho intramolecular Hbond substituents is 1. The van der Waals surface area contributed by atoms with E-state index < -0.39 is 0 Å². The summed E-state index contributed by atoms with van der Waals surface area (Å²) in [5.41, 5.74) is 1.11. The maximum absolute atomic E-state index is 9.47. The largest absolute Gasteiger partial charge is 0.504 e. The van der Waals surface area contributed by atoms with Gasteiger partial charge in [0.15, 0.2) is 11.5 Å². The maximum atomic E-state index is 9.47. The number of hydrogen-bond acceptors (Lipinski definition) is 4. The quantitative estimate of drug-likeness (QED) is 0.818. The molecule has 0 spiro atoms. The molecule has 1 aliphatic carbocycles. The summed E-state index contributed by atoms with van der Waals surface area (Å²) in [5, 5.41) is 12.9. The van der Waals surface area contributed by atoms with E-state index in [-0.39, 0.29) is 5.75 Å². The molecule has 1 saturated carbocycles. The Kier molecular flexibility index (Phi) is 3.86. The van der Waals surface area contributed by atoms with Crippen LogP contribution in [0.3, 0.4) is 0 Å². The number of methoxy groups -OCH3 is 2. The topological polar surface area (TPSA) is 50.7 Å². The summed E-state index contributed by atoms with van der Waals surface area (Å²) in [4.78, 5) is 0. The van der Waals surface area contributed by atoms with Crippen molar-refractivity contribution >= 4 is 0 Å². The monoisotopic (exact) mass is 237 g/mol. The molecule has 0 unspecified atom stereocenters. The number of ether oxygens (including phenoxy) is 2. The smallest absolute Gasteiger partial charge is 0.160 e. The minimum atomic E-state index is 0.180. The lowest BCUT2D eigenvalue weighted by Gasteiger charge is -2.34. The van der Waals surface area contributed by atoms with Gasteiger partial charge in [-0.15, -0.1) is 0 Å². The zero-order valence-corrected chi connectivity index (χ0v) is 10.3. The number of benzene rings is 1. The zero-order valence-electron chi connectivity index (χ0n) is 10.3. The van der Waals surface area contributed by atoms with Gasteiger partial charge in [0, 0.05) is 19.7 Å². The zero-order chi connectivity index (χ0) is 12.3. The third kappa shape index (κ3) is 2.90. The molecule has 0 amide bonds. The highest BCUT2D eigenvalue weighted by molar-refractivity contribution is 5.41. The van der Waals surface area contributed by atoms with Gasteiger partial charge in [-0.3, -0.25) is 0 Å². The maximum Gasteiger partial charge on any atom is 0.160 e. The van der Waals surface area contributed by atoms with Gasteiger partial charge in [-0.25, -0.2) is 0 Å². The van der Waals surface area contributed by atoms with Crippen LogP contribution in [0, 0.1) is 0 Å². The highest BCUT2D eigenvalue weighted by Crippen LogP contribution is 2.27. The Bertz CT molecular complexity index is 375. The van der Waals surface area contributed by atoms with Crippen molar-refractivity contribution in [2.24, 2.45) is 0 Å². The van der Waals surface area contributed by atoms with E-state index in [0.717, 1.165) is 24.9 Å². The van der Waals surface area contributed by atoms with E-state index in [2.05, 4.69) is 5.32 Å². The molecule has 1 aromatic rings. The molecule has 0 bridgehead atoms. The second-order valence-corrected chi connectivity index (χ2v) is 4.41. The summed E-state index contributed by atoms with van der Waals surface area (Å²) < 4.78 is 10.3. The molecule has 17 heavy (non-hydrogen) atoms. The number of nitrogens with one attached hydrogen (secondary N) is 1. The first kappa shape index (κ1) is 12.2. The molecule has 0 heterocycles. The highest BCUT2D eigenvalue weighted by Gasteiger charge is 2.28.